The molecule has 0 unspecified atom stereocenters. The van der Waals surface area contributed by atoms with Crippen LogP contribution >= 0.6 is 0 Å². The van der Waals surface area contributed by atoms with Gasteiger partial charge in [-0.05, 0) is 37.1 Å². The van der Waals surface area contributed by atoms with E-state index in [1.165, 1.54) is 0 Å². The second-order valence-electron chi connectivity index (χ2n) is 4.33. The van der Waals surface area contributed by atoms with Crippen molar-refractivity contribution in [2.24, 2.45) is 0 Å². The summed E-state index contributed by atoms with van der Waals surface area (Å²) in [5.41, 5.74) is 8.17. The van der Waals surface area contributed by atoms with Crippen molar-refractivity contribution in [2.45, 2.75) is 25.3 Å². The zero-order valence-corrected chi connectivity index (χ0v) is 11.6. The summed E-state index contributed by atoms with van der Waals surface area (Å²) in [5.74, 6) is 0. The molecule has 0 aliphatic rings. The fourth-order valence-electron chi connectivity index (χ4n) is 1.88. The Morgan fingerprint density at radius 2 is 2.05 bits per heavy atom. The van der Waals surface area contributed by atoms with Crippen LogP contribution in [0.3, 0.4) is 0 Å². The quantitative estimate of drug-likeness (QED) is 0.730. The number of nitrogens with two attached hydrogens (primary N) is 1. The third-order valence-electron chi connectivity index (χ3n) is 2.92. The Hall–Kier alpha value is -1.86. The van der Waals surface area contributed by atoms with Crippen LogP contribution < -0.4 is 10.5 Å². The number of anilines is 1. The predicted molar refractivity (Wildman–Crippen MR) is 72.9 cm³/mol. The number of nitrogens with one attached hydrogen (secondary N) is 2. The Morgan fingerprint density at radius 1 is 1.32 bits per heavy atom. The number of nitrogens with zero attached hydrogens (tertiary/aromatic N) is 1. The van der Waals surface area contributed by atoms with Crippen LogP contribution in [0, 0.1) is 13.8 Å². The molecule has 6 nitrogen and oxygen atoms in total. The molecule has 0 saturated heterocycles. The maximum Gasteiger partial charge on any atom is 0.241 e. The van der Waals surface area contributed by atoms with Gasteiger partial charge in [0.05, 0.1) is 17.1 Å². The van der Waals surface area contributed by atoms with Gasteiger partial charge in [-0.2, -0.15) is 5.10 Å². The molecule has 102 valence electrons. The number of aromatic nitrogens is 2. The van der Waals surface area contributed by atoms with Gasteiger partial charge in [-0.15, -0.1) is 0 Å². The third-order valence-corrected chi connectivity index (χ3v) is 4.61. The number of hydrogen-bond acceptors (Lipinski definition) is 4. The highest BCUT2D eigenvalue weighted by molar-refractivity contribution is 7.89. The average molecular weight is 280 g/mol. The summed E-state index contributed by atoms with van der Waals surface area (Å²) in [5, 5.41) is 6.47. The second kappa shape index (κ2) is 5.02. The minimum Gasteiger partial charge on any atom is -0.398 e. The fourth-order valence-corrected chi connectivity index (χ4v) is 3.39. The zero-order chi connectivity index (χ0) is 14.0. The van der Waals surface area contributed by atoms with Crippen LogP contribution in [0.1, 0.15) is 16.8 Å². The molecule has 2 rings (SSSR count). The highest BCUT2D eigenvalue weighted by atomic mass is 32.2. The molecule has 0 aliphatic heterocycles. The molecule has 0 aliphatic carbocycles. The molecule has 1 heterocycles. The highest BCUT2D eigenvalue weighted by Gasteiger charge is 2.20. The van der Waals surface area contributed by atoms with Crippen molar-refractivity contribution in [1.29, 1.82) is 0 Å². The van der Waals surface area contributed by atoms with E-state index in [-0.39, 0.29) is 11.4 Å². The van der Waals surface area contributed by atoms with Crippen LogP contribution in [0.25, 0.3) is 0 Å². The first kappa shape index (κ1) is 13.6. The lowest BCUT2D eigenvalue weighted by Gasteiger charge is -2.13. The summed E-state index contributed by atoms with van der Waals surface area (Å²) in [4.78, 5) is 0.243. The molecule has 19 heavy (non-hydrogen) atoms. The SMILES string of the molecule is Cc1ccc(N)c(C)c1S(=O)(=O)NCc1ccn[nH]1. The summed E-state index contributed by atoms with van der Waals surface area (Å²) >= 11 is 0. The summed E-state index contributed by atoms with van der Waals surface area (Å²) < 4.78 is 27.2. The van der Waals surface area contributed by atoms with Gasteiger partial charge >= 0.3 is 0 Å². The first-order chi connectivity index (χ1) is 8.92. The van der Waals surface area contributed by atoms with Crippen molar-refractivity contribution < 1.29 is 8.42 Å². The first-order valence-electron chi connectivity index (χ1n) is 5.75. The number of H-pyrrole nitrogens is 1. The molecule has 1 aromatic heterocycles. The highest BCUT2D eigenvalue weighted by Crippen LogP contribution is 2.24. The number of nitrogen functional groups attached to an aromatic ring is 1. The molecule has 0 spiro atoms. The van der Waals surface area contributed by atoms with E-state index in [9.17, 15) is 8.42 Å². The summed E-state index contributed by atoms with van der Waals surface area (Å²) in [6.07, 6.45) is 1.57. The predicted octanol–water partition coefficient (Wildman–Crippen LogP) is 1.09. The van der Waals surface area contributed by atoms with Gasteiger partial charge in [0.2, 0.25) is 10.0 Å². The van der Waals surface area contributed by atoms with E-state index < -0.39 is 10.0 Å². The van der Waals surface area contributed by atoms with Gasteiger partial charge in [-0.25, -0.2) is 13.1 Å². The number of aryl methyl sites for hydroxylation is 1. The molecule has 0 atom stereocenters. The molecule has 2 aromatic rings. The summed E-state index contributed by atoms with van der Waals surface area (Å²) in [6, 6.07) is 5.12. The topological polar surface area (TPSA) is 101 Å². The van der Waals surface area contributed by atoms with E-state index in [4.69, 9.17) is 5.73 Å². The Kier molecular flexibility index (Phi) is 3.59. The van der Waals surface area contributed by atoms with Gasteiger partial charge in [-0.1, -0.05) is 6.07 Å². The van der Waals surface area contributed by atoms with Crippen molar-refractivity contribution in [3.63, 3.8) is 0 Å². The lowest BCUT2D eigenvalue weighted by atomic mass is 10.1. The number of sulfonamides is 1. The van der Waals surface area contributed by atoms with Crippen LogP contribution in [0.4, 0.5) is 5.69 Å². The molecule has 0 amide bonds. The van der Waals surface area contributed by atoms with Gasteiger partial charge in [0.15, 0.2) is 0 Å². The van der Waals surface area contributed by atoms with Gasteiger partial charge in [0, 0.05) is 11.9 Å². The van der Waals surface area contributed by atoms with Crippen LogP contribution in [0.2, 0.25) is 0 Å². The van der Waals surface area contributed by atoms with Crippen LogP contribution in [-0.4, -0.2) is 18.6 Å². The van der Waals surface area contributed by atoms with E-state index in [2.05, 4.69) is 14.9 Å². The molecular weight excluding hydrogens is 264 g/mol. The van der Waals surface area contributed by atoms with Crippen molar-refractivity contribution in [3.8, 4) is 0 Å². The van der Waals surface area contributed by atoms with E-state index >= 15 is 0 Å². The average Bonchev–Trinajstić information content (AvgIpc) is 2.85. The van der Waals surface area contributed by atoms with E-state index in [0.29, 0.717) is 22.5 Å². The molecular formula is C12H16N4O2S. The third kappa shape index (κ3) is 2.77. The minimum atomic E-state index is -3.60. The van der Waals surface area contributed by atoms with Gasteiger partial charge in [0.25, 0.3) is 0 Å². The molecule has 0 saturated carbocycles. The molecule has 0 radical (unpaired) electrons. The lowest BCUT2D eigenvalue weighted by molar-refractivity contribution is 0.579. The molecule has 0 fully saturated rings. The molecule has 4 N–H and O–H groups in total. The van der Waals surface area contributed by atoms with Gasteiger partial charge < -0.3 is 5.73 Å². The van der Waals surface area contributed by atoms with Gasteiger partial charge in [0.1, 0.15) is 0 Å². The number of aromatic amines is 1. The van der Waals surface area contributed by atoms with Crippen LogP contribution in [-0.2, 0) is 16.6 Å². The van der Waals surface area contributed by atoms with Crippen LogP contribution in [0.15, 0.2) is 29.3 Å². The minimum absolute atomic E-state index is 0.163. The monoisotopic (exact) mass is 280 g/mol. The fraction of sp³-hybridized carbons (Fsp3) is 0.250. The smallest absolute Gasteiger partial charge is 0.241 e. The molecule has 7 heteroatoms. The van der Waals surface area contributed by atoms with Crippen molar-refractivity contribution in [2.75, 3.05) is 5.73 Å². The summed E-state index contributed by atoms with van der Waals surface area (Å²) in [6.45, 7) is 3.61. The number of rotatable bonds is 4. The van der Waals surface area contributed by atoms with E-state index in [1.54, 1.807) is 38.2 Å². The first-order valence-corrected chi connectivity index (χ1v) is 7.24. The van der Waals surface area contributed by atoms with Crippen molar-refractivity contribution >= 4 is 15.7 Å². The number of benzene rings is 1. The standard InChI is InChI=1S/C12H16N4O2S/c1-8-3-4-11(13)9(2)12(8)19(17,18)15-7-10-5-6-14-16-10/h3-6,15H,7,13H2,1-2H3,(H,14,16). The maximum atomic E-state index is 12.3. The maximum absolute atomic E-state index is 12.3. The second-order valence-corrected chi connectivity index (χ2v) is 6.04. The van der Waals surface area contributed by atoms with Crippen molar-refractivity contribution in [3.05, 3.63) is 41.2 Å². The van der Waals surface area contributed by atoms with Crippen LogP contribution in [0.5, 0.6) is 0 Å². The van der Waals surface area contributed by atoms with E-state index in [1.807, 2.05) is 0 Å². The number of hydrogen-bond donors (Lipinski definition) is 3. The Balaban J connectivity index is 2.32. The Morgan fingerprint density at radius 3 is 2.68 bits per heavy atom. The normalized spacial score (nSPS) is 11.7. The largest absolute Gasteiger partial charge is 0.398 e. The Bertz CT molecular complexity index is 678. The molecule has 0 bridgehead atoms. The zero-order valence-electron chi connectivity index (χ0n) is 10.8. The summed E-state index contributed by atoms with van der Waals surface area (Å²) in [7, 11) is -3.60. The Labute approximate surface area is 112 Å². The van der Waals surface area contributed by atoms with E-state index in [0.717, 1.165) is 0 Å². The molecule has 1 aromatic carbocycles. The van der Waals surface area contributed by atoms with Crippen molar-refractivity contribution in [1.82, 2.24) is 14.9 Å². The lowest BCUT2D eigenvalue weighted by Crippen LogP contribution is -2.25. The van der Waals surface area contributed by atoms with Gasteiger partial charge in [-0.3, -0.25) is 5.10 Å².